The minimum Gasteiger partial charge on any atom is -0.481 e. The number of aliphatic hydroxyl groups is 1. The average molecular weight is 362 g/mol. The zero-order valence-electron chi connectivity index (χ0n) is 12.8. The highest BCUT2D eigenvalue weighted by Crippen LogP contribution is 2.37. The van der Waals surface area contributed by atoms with Gasteiger partial charge in [-0.3, -0.25) is 4.79 Å². The predicted molar refractivity (Wildman–Crippen MR) is 85.8 cm³/mol. The number of nitrogens with zero attached hydrogens (tertiary/aromatic N) is 1. The number of aliphatic carboxylic acids is 1. The molecule has 1 aromatic rings. The number of benzene rings is 1. The normalized spacial score (nSPS) is 26.1. The van der Waals surface area contributed by atoms with Crippen molar-refractivity contribution in [2.45, 2.75) is 37.2 Å². The molecule has 1 aliphatic heterocycles. The second kappa shape index (κ2) is 6.76. The SMILES string of the molecule is CCC[C@]1(C(=O)O)CN(S(=O)(=O)c2cccc(Cl)c2)CC[C@H]1O. The third-order valence-electron chi connectivity index (χ3n) is 4.30. The Hall–Kier alpha value is -1.15. The van der Waals surface area contributed by atoms with Crippen LogP contribution in [0.3, 0.4) is 0 Å². The number of carbonyl (C=O) groups is 1. The Morgan fingerprint density at radius 3 is 2.74 bits per heavy atom. The fraction of sp³-hybridized carbons (Fsp3) is 0.533. The van der Waals surface area contributed by atoms with Gasteiger partial charge in [0.25, 0.3) is 0 Å². The summed E-state index contributed by atoms with van der Waals surface area (Å²) < 4.78 is 26.6. The van der Waals surface area contributed by atoms with Crippen molar-refractivity contribution in [3.8, 4) is 0 Å². The standard InChI is InChI=1S/C15H20ClNO5S/c1-2-7-15(14(19)20)10-17(8-6-13(15)18)23(21,22)12-5-3-4-11(16)9-12/h3-5,9,13,18H,2,6-8,10H2,1H3,(H,19,20)/t13-,15+/m1/s1. The zero-order chi connectivity index (χ0) is 17.3. The summed E-state index contributed by atoms with van der Waals surface area (Å²) in [7, 11) is -3.86. The molecule has 0 spiro atoms. The Labute approximate surface area is 140 Å². The fourth-order valence-electron chi connectivity index (χ4n) is 3.03. The summed E-state index contributed by atoms with van der Waals surface area (Å²) in [5, 5.41) is 20.1. The Kier molecular flexibility index (Phi) is 5.35. The minimum absolute atomic E-state index is 0.0252. The van der Waals surface area contributed by atoms with Gasteiger partial charge in [-0.2, -0.15) is 4.31 Å². The maximum atomic E-state index is 12.8. The van der Waals surface area contributed by atoms with E-state index >= 15 is 0 Å². The molecule has 1 saturated heterocycles. The Morgan fingerprint density at radius 2 is 2.17 bits per heavy atom. The molecular weight excluding hydrogens is 342 g/mol. The molecule has 1 heterocycles. The van der Waals surface area contributed by atoms with Crippen LogP contribution in [0, 0.1) is 5.41 Å². The number of carboxylic acids is 1. The van der Waals surface area contributed by atoms with E-state index in [9.17, 15) is 23.4 Å². The molecule has 0 aromatic heterocycles. The molecule has 0 bridgehead atoms. The summed E-state index contributed by atoms with van der Waals surface area (Å²) in [4.78, 5) is 11.8. The maximum absolute atomic E-state index is 12.8. The lowest BCUT2D eigenvalue weighted by Gasteiger charge is -2.42. The molecule has 128 valence electrons. The summed E-state index contributed by atoms with van der Waals surface area (Å²) in [5.41, 5.74) is -1.47. The number of carboxylic acid groups (broad SMARTS) is 1. The van der Waals surface area contributed by atoms with Gasteiger partial charge in [-0.1, -0.05) is 31.0 Å². The molecular formula is C15H20ClNO5S. The smallest absolute Gasteiger partial charge is 0.313 e. The van der Waals surface area contributed by atoms with Gasteiger partial charge in [-0.15, -0.1) is 0 Å². The van der Waals surface area contributed by atoms with E-state index in [-0.39, 0.29) is 30.8 Å². The number of piperidine rings is 1. The van der Waals surface area contributed by atoms with Crippen molar-refractivity contribution in [1.82, 2.24) is 4.31 Å². The number of hydrogen-bond acceptors (Lipinski definition) is 4. The highest BCUT2D eigenvalue weighted by Gasteiger charge is 2.50. The van der Waals surface area contributed by atoms with Crippen LogP contribution in [-0.2, 0) is 14.8 Å². The summed E-state index contributed by atoms with van der Waals surface area (Å²) in [6.07, 6.45) is -0.225. The van der Waals surface area contributed by atoms with Crippen LogP contribution >= 0.6 is 11.6 Å². The van der Waals surface area contributed by atoms with Gasteiger partial charge in [-0.25, -0.2) is 8.42 Å². The average Bonchev–Trinajstić information content (AvgIpc) is 2.49. The predicted octanol–water partition coefficient (Wildman–Crippen LogP) is 1.97. The molecule has 0 aliphatic carbocycles. The quantitative estimate of drug-likeness (QED) is 0.836. The van der Waals surface area contributed by atoms with E-state index in [0.717, 1.165) is 4.31 Å². The van der Waals surface area contributed by atoms with E-state index in [1.165, 1.54) is 18.2 Å². The number of halogens is 1. The summed E-state index contributed by atoms with van der Waals surface area (Å²) in [6.45, 7) is 1.64. The first-order valence-electron chi connectivity index (χ1n) is 7.41. The van der Waals surface area contributed by atoms with Gasteiger partial charge in [0.05, 0.1) is 11.0 Å². The van der Waals surface area contributed by atoms with Crippen molar-refractivity contribution in [2.24, 2.45) is 5.41 Å². The Bertz CT molecular complexity index is 693. The number of aliphatic hydroxyl groups excluding tert-OH is 1. The third-order valence-corrected chi connectivity index (χ3v) is 6.38. The van der Waals surface area contributed by atoms with E-state index in [1.807, 2.05) is 6.92 Å². The van der Waals surface area contributed by atoms with Crippen LogP contribution in [-0.4, -0.2) is 48.1 Å². The lowest BCUT2D eigenvalue weighted by Crippen LogP contribution is -2.57. The molecule has 0 amide bonds. The van der Waals surface area contributed by atoms with Crippen molar-refractivity contribution in [1.29, 1.82) is 0 Å². The maximum Gasteiger partial charge on any atom is 0.313 e. The van der Waals surface area contributed by atoms with Crippen molar-refractivity contribution < 1.29 is 23.4 Å². The third kappa shape index (κ3) is 3.38. The summed E-state index contributed by atoms with van der Waals surface area (Å²) in [6, 6.07) is 5.86. The van der Waals surface area contributed by atoms with Crippen LogP contribution in [0.5, 0.6) is 0 Å². The van der Waals surface area contributed by atoms with Crippen LogP contribution in [0.15, 0.2) is 29.2 Å². The highest BCUT2D eigenvalue weighted by molar-refractivity contribution is 7.89. The molecule has 2 atom stereocenters. The first kappa shape index (κ1) is 18.2. The summed E-state index contributed by atoms with van der Waals surface area (Å²) >= 11 is 5.85. The second-order valence-corrected chi connectivity index (χ2v) is 8.19. The lowest BCUT2D eigenvalue weighted by atomic mass is 9.74. The first-order valence-corrected chi connectivity index (χ1v) is 9.23. The van der Waals surface area contributed by atoms with Gasteiger partial charge >= 0.3 is 5.97 Å². The van der Waals surface area contributed by atoms with Gasteiger partial charge < -0.3 is 10.2 Å². The van der Waals surface area contributed by atoms with Crippen molar-refractivity contribution in [3.63, 3.8) is 0 Å². The van der Waals surface area contributed by atoms with Crippen LogP contribution in [0.2, 0.25) is 5.02 Å². The fourth-order valence-corrected chi connectivity index (χ4v) is 4.86. The Balaban J connectivity index is 2.39. The van der Waals surface area contributed by atoms with E-state index in [2.05, 4.69) is 0 Å². The summed E-state index contributed by atoms with van der Waals surface area (Å²) in [5.74, 6) is -1.17. The zero-order valence-corrected chi connectivity index (χ0v) is 14.3. The lowest BCUT2D eigenvalue weighted by molar-refractivity contribution is -0.161. The molecule has 0 radical (unpaired) electrons. The largest absolute Gasteiger partial charge is 0.481 e. The molecule has 1 fully saturated rings. The minimum atomic E-state index is -3.86. The monoisotopic (exact) mass is 361 g/mol. The molecule has 1 aliphatic rings. The molecule has 0 unspecified atom stereocenters. The molecule has 8 heteroatoms. The molecule has 23 heavy (non-hydrogen) atoms. The van der Waals surface area contributed by atoms with E-state index < -0.39 is 27.5 Å². The van der Waals surface area contributed by atoms with E-state index in [0.29, 0.717) is 11.4 Å². The molecule has 6 nitrogen and oxygen atoms in total. The number of rotatable bonds is 5. The van der Waals surface area contributed by atoms with Crippen LogP contribution in [0.4, 0.5) is 0 Å². The van der Waals surface area contributed by atoms with Gasteiger partial charge in [0.2, 0.25) is 10.0 Å². The van der Waals surface area contributed by atoms with Gasteiger partial charge in [-0.05, 0) is 31.0 Å². The van der Waals surface area contributed by atoms with Crippen LogP contribution in [0.25, 0.3) is 0 Å². The van der Waals surface area contributed by atoms with Gasteiger partial charge in [0.1, 0.15) is 5.41 Å². The van der Waals surface area contributed by atoms with Crippen LogP contribution < -0.4 is 0 Å². The highest BCUT2D eigenvalue weighted by atomic mass is 35.5. The molecule has 0 saturated carbocycles. The molecule has 2 rings (SSSR count). The Morgan fingerprint density at radius 1 is 1.48 bits per heavy atom. The van der Waals surface area contributed by atoms with Crippen LogP contribution in [0.1, 0.15) is 26.2 Å². The van der Waals surface area contributed by atoms with Gasteiger partial charge in [0, 0.05) is 18.1 Å². The van der Waals surface area contributed by atoms with Gasteiger partial charge in [0.15, 0.2) is 0 Å². The van der Waals surface area contributed by atoms with E-state index in [4.69, 9.17) is 11.6 Å². The van der Waals surface area contributed by atoms with E-state index in [1.54, 1.807) is 6.07 Å². The van der Waals surface area contributed by atoms with Crippen molar-refractivity contribution >= 4 is 27.6 Å². The van der Waals surface area contributed by atoms with Crippen molar-refractivity contribution in [3.05, 3.63) is 29.3 Å². The first-order chi connectivity index (χ1) is 10.7. The van der Waals surface area contributed by atoms with Crippen molar-refractivity contribution in [2.75, 3.05) is 13.1 Å². The number of sulfonamides is 1. The molecule has 1 aromatic carbocycles. The molecule has 2 N–H and O–H groups in total. The second-order valence-electron chi connectivity index (χ2n) is 5.81. The number of hydrogen-bond donors (Lipinski definition) is 2. The topological polar surface area (TPSA) is 94.9 Å².